The molecule has 0 saturated heterocycles. The summed E-state index contributed by atoms with van der Waals surface area (Å²) in [6.45, 7) is 1.20. The standard InChI is InChI=1S/C21H16FNO2/c22-17-7-11-19(12-8-17)25-18-9-5-15(6-10-18)13-23-14-16-3-1-2-4-20(16)21(23)24/h1-12H,13-14H2. The zero-order valence-corrected chi connectivity index (χ0v) is 13.5. The minimum absolute atomic E-state index is 0.0715. The van der Waals surface area contributed by atoms with Gasteiger partial charge in [0, 0.05) is 18.7 Å². The van der Waals surface area contributed by atoms with E-state index in [0.717, 1.165) is 16.7 Å². The van der Waals surface area contributed by atoms with E-state index in [1.54, 1.807) is 12.1 Å². The van der Waals surface area contributed by atoms with Gasteiger partial charge in [-0.25, -0.2) is 4.39 Å². The molecule has 1 aliphatic rings. The highest BCUT2D eigenvalue weighted by molar-refractivity contribution is 5.98. The lowest BCUT2D eigenvalue weighted by Gasteiger charge is -2.16. The summed E-state index contributed by atoms with van der Waals surface area (Å²) in [6.07, 6.45) is 0. The van der Waals surface area contributed by atoms with Crippen LogP contribution in [-0.4, -0.2) is 10.8 Å². The Kier molecular flexibility index (Phi) is 3.94. The fourth-order valence-electron chi connectivity index (χ4n) is 2.96. The first-order valence-corrected chi connectivity index (χ1v) is 8.08. The van der Waals surface area contributed by atoms with Gasteiger partial charge in [-0.1, -0.05) is 30.3 Å². The molecule has 3 aromatic rings. The van der Waals surface area contributed by atoms with Crippen molar-refractivity contribution in [1.29, 1.82) is 0 Å². The Morgan fingerprint density at radius 1 is 0.880 bits per heavy atom. The molecule has 1 heterocycles. The molecule has 0 saturated carbocycles. The lowest BCUT2D eigenvalue weighted by molar-refractivity contribution is 0.0766. The number of nitrogens with zero attached hydrogens (tertiary/aromatic N) is 1. The van der Waals surface area contributed by atoms with Crippen LogP contribution in [0.2, 0.25) is 0 Å². The lowest BCUT2D eigenvalue weighted by atomic mass is 10.1. The Morgan fingerprint density at radius 3 is 2.20 bits per heavy atom. The molecule has 0 atom stereocenters. The number of ether oxygens (including phenoxy) is 1. The highest BCUT2D eigenvalue weighted by Gasteiger charge is 2.26. The average Bonchev–Trinajstić information content (AvgIpc) is 2.95. The number of amides is 1. The molecule has 0 unspecified atom stereocenters. The van der Waals surface area contributed by atoms with Gasteiger partial charge in [-0.2, -0.15) is 0 Å². The van der Waals surface area contributed by atoms with Crippen LogP contribution in [0.25, 0.3) is 0 Å². The second-order valence-corrected chi connectivity index (χ2v) is 6.02. The summed E-state index contributed by atoms with van der Waals surface area (Å²) in [5, 5.41) is 0. The van der Waals surface area contributed by atoms with Crippen molar-refractivity contribution < 1.29 is 13.9 Å². The van der Waals surface area contributed by atoms with Gasteiger partial charge in [0.2, 0.25) is 0 Å². The monoisotopic (exact) mass is 333 g/mol. The summed E-state index contributed by atoms with van der Waals surface area (Å²) >= 11 is 0. The Balaban J connectivity index is 1.43. The summed E-state index contributed by atoms with van der Waals surface area (Å²) < 4.78 is 18.6. The van der Waals surface area contributed by atoms with E-state index in [1.807, 2.05) is 53.4 Å². The van der Waals surface area contributed by atoms with Crippen LogP contribution in [-0.2, 0) is 13.1 Å². The molecule has 124 valence electrons. The van der Waals surface area contributed by atoms with Crippen molar-refractivity contribution in [3.05, 3.63) is 95.3 Å². The number of benzene rings is 3. The Labute approximate surface area is 145 Å². The van der Waals surface area contributed by atoms with Crippen molar-refractivity contribution in [2.24, 2.45) is 0 Å². The van der Waals surface area contributed by atoms with E-state index in [1.165, 1.54) is 12.1 Å². The maximum Gasteiger partial charge on any atom is 0.254 e. The average molecular weight is 333 g/mol. The molecule has 4 heteroatoms. The molecule has 0 aromatic heterocycles. The predicted molar refractivity (Wildman–Crippen MR) is 92.9 cm³/mol. The van der Waals surface area contributed by atoms with E-state index in [4.69, 9.17) is 4.74 Å². The van der Waals surface area contributed by atoms with Crippen molar-refractivity contribution in [2.75, 3.05) is 0 Å². The zero-order chi connectivity index (χ0) is 17.2. The number of halogens is 1. The van der Waals surface area contributed by atoms with Gasteiger partial charge in [-0.3, -0.25) is 4.79 Å². The van der Waals surface area contributed by atoms with Crippen LogP contribution in [0.3, 0.4) is 0 Å². The number of rotatable bonds is 4. The van der Waals surface area contributed by atoms with Crippen LogP contribution in [0.1, 0.15) is 21.5 Å². The first-order valence-electron chi connectivity index (χ1n) is 8.08. The summed E-state index contributed by atoms with van der Waals surface area (Å²) in [4.78, 5) is 14.2. The van der Waals surface area contributed by atoms with E-state index in [-0.39, 0.29) is 11.7 Å². The second kappa shape index (κ2) is 6.40. The number of hydrogen-bond donors (Lipinski definition) is 0. The molecular formula is C21H16FNO2. The molecule has 3 aromatic carbocycles. The van der Waals surface area contributed by atoms with Crippen LogP contribution in [0, 0.1) is 5.82 Å². The third kappa shape index (κ3) is 3.24. The van der Waals surface area contributed by atoms with Crippen molar-refractivity contribution in [1.82, 2.24) is 4.90 Å². The largest absolute Gasteiger partial charge is 0.457 e. The number of hydrogen-bond acceptors (Lipinski definition) is 2. The highest BCUT2D eigenvalue weighted by Crippen LogP contribution is 2.26. The molecule has 0 N–H and O–H groups in total. The summed E-state index contributed by atoms with van der Waals surface area (Å²) in [6, 6.07) is 21.2. The molecule has 0 fully saturated rings. The normalized spacial score (nSPS) is 13.0. The minimum atomic E-state index is -0.293. The zero-order valence-electron chi connectivity index (χ0n) is 13.5. The second-order valence-electron chi connectivity index (χ2n) is 6.02. The fourth-order valence-corrected chi connectivity index (χ4v) is 2.96. The highest BCUT2D eigenvalue weighted by atomic mass is 19.1. The summed E-state index contributed by atoms with van der Waals surface area (Å²) in [7, 11) is 0. The quantitative estimate of drug-likeness (QED) is 0.688. The third-order valence-electron chi connectivity index (χ3n) is 4.24. The van der Waals surface area contributed by atoms with Crippen molar-refractivity contribution in [2.45, 2.75) is 13.1 Å². The van der Waals surface area contributed by atoms with Gasteiger partial charge in [0.1, 0.15) is 17.3 Å². The van der Waals surface area contributed by atoms with E-state index in [0.29, 0.717) is 24.6 Å². The Hall–Kier alpha value is -3.14. The first kappa shape index (κ1) is 15.4. The molecule has 1 amide bonds. The summed E-state index contributed by atoms with van der Waals surface area (Å²) in [5.41, 5.74) is 2.90. The van der Waals surface area contributed by atoms with Crippen molar-refractivity contribution in [3.63, 3.8) is 0 Å². The minimum Gasteiger partial charge on any atom is -0.457 e. The van der Waals surface area contributed by atoms with Gasteiger partial charge in [0.05, 0.1) is 0 Å². The molecule has 1 aliphatic heterocycles. The van der Waals surface area contributed by atoms with Crippen LogP contribution >= 0.6 is 0 Å². The topological polar surface area (TPSA) is 29.5 Å². The van der Waals surface area contributed by atoms with Gasteiger partial charge in [0.25, 0.3) is 5.91 Å². The first-order chi connectivity index (χ1) is 12.2. The van der Waals surface area contributed by atoms with Gasteiger partial charge < -0.3 is 9.64 Å². The Bertz CT molecular complexity index is 904. The molecular weight excluding hydrogens is 317 g/mol. The number of carbonyl (C=O) groups is 1. The van der Waals surface area contributed by atoms with E-state index in [9.17, 15) is 9.18 Å². The van der Waals surface area contributed by atoms with Crippen LogP contribution < -0.4 is 4.74 Å². The molecule has 3 nitrogen and oxygen atoms in total. The van der Waals surface area contributed by atoms with Gasteiger partial charge >= 0.3 is 0 Å². The number of fused-ring (bicyclic) bond motifs is 1. The molecule has 0 radical (unpaired) electrons. The molecule has 0 bridgehead atoms. The number of carbonyl (C=O) groups excluding carboxylic acids is 1. The predicted octanol–water partition coefficient (Wildman–Crippen LogP) is 4.77. The van der Waals surface area contributed by atoms with Gasteiger partial charge in [-0.15, -0.1) is 0 Å². The third-order valence-corrected chi connectivity index (χ3v) is 4.24. The van der Waals surface area contributed by atoms with Crippen molar-refractivity contribution in [3.8, 4) is 11.5 Å². The molecule has 25 heavy (non-hydrogen) atoms. The fraction of sp³-hybridized carbons (Fsp3) is 0.0952. The van der Waals surface area contributed by atoms with E-state index < -0.39 is 0 Å². The molecule has 4 rings (SSSR count). The van der Waals surface area contributed by atoms with Crippen molar-refractivity contribution >= 4 is 5.91 Å². The Morgan fingerprint density at radius 2 is 1.52 bits per heavy atom. The van der Waals surface area contributed by atoms with Gasteiger partial charge in [0.15, 0.2) is 0 Å². The van der Waals surface area contributed by atoms with Gasteiger partial charge in [-0.05, 0) is 53.6 Å². The van der Waals surface area contributed by atoms with Crippen LogP contribution in [0.5, 0.6) is 11.5 Å². The van der Waals surface area contributed by atoms with E-state index in [2.05, 4.69) is 0 Å². The van der Waals surface area contributed by atoms with Crippen LogP contribution in [0.15, 0.2) is 72.8 Å². The summed E-state index contributed by atoms with van der Waals surface area (Å²) in [5.74, 6) is 1.03. The lowest BCUT2D eigenvalue weighted by Crippen LogP contribution is -2.23. The molecule has 0 spiro atoms. The van der Waals surface area contributed by atoms with Crippen LogP contribution in [0.4, 0.5) is 4.39 Å². The maximum atomic E-state index is 12.9. The van der Waals surface area contributed by atoms with E-state index >= 15 is 0 Å². The smallest absolute Gasteiger partial charge is 0.254 e. The maximum absolute atomic E-state index is 12.9. The molecule has 0 aliphatic carbocycles. The SMILES string of the molecule is O=C1c2ccccc2CN1Cc1ccc(Oc2ccc(F)cc2)cc1.